The Balaban J connectivity index is 2.23. The van der Waals surface area contributed by atoms with Gasteiger partial charge in [-0.1, -0.05) is 22.0 Å². The number of hydrogen-bond acceptors (Lipinski definition) is 2. The number of benzene rings is 1. The number of nitrogens with zero attached hydrogens (tertiary/aromatic N) is 1. The van der Waals surface area contributed by atoms with Crippen molar-refractivity contribution in [2.45, 2.75) is 12.8 Å². The monoisotopic (exact) mass is 283 g/mol. The molecule has 0 N–H and O–H groups in total. The highest BCUT2D eigenvalue weighted by Crippen LogP contribution is 2.34. The van der Waals surface area contributed by atoms with E-state index in [9.17, 15) is 9.65 Å². The molecule has 1 fully saturated rings. The number of nitriles is 1. The van der Waals surface area contributed by atoms with Crippen LogP contribution < -0.4 is 0 Å². The van der Waals surface area contributed by atoms with Crippen LogP contribution >= 0.6 is 15.9 Å². The number of hydrogen-bond donors (Lipinski definition) is 0. The van der Waals surface area contributed by atoms with Gasteiger partial charge >= 0.3 is 0 Å². The van der Waals surface area contributed by atoms with Crippen molar-refractivity contribution in [1.29, 1.82) is 5.26 Å². The summed E-state index contributed by atoms with van der Waals surface area (Å²) in [7, 11) is 0. The van der Waals surface area contributed by atoms with Crippen LogP contribution in [-0.4, -0.2) is 13.2 Å². The van der Waals surface area contributed by atoms with Crippen LogP contribution in [0.1, 0.15) is 12.0 Å². The van der Waals surface area contributed by atoms with Crippen LogP contribution in [0.2, 0.25) is 0 Å². The molecule has 2 rings (SSSR count). The summed E-state index contributed by atoms with van der Waals surface area (Å²) in [6.45, 7) is 1.10. The van der Waals surface area contributed by atoms with Crippen molar-refractivity contribution >= 4 is 15.9 Å². The lowest BCUT2D eigenvalue weighted by atomic mass is 9.82. The van der Waals surface area contributed by atoms with Gasteiger partial charge < -0.3 is 4.74 Å². The minimum atomic E-state index is -0.444. The molecule has 1 aliphatic rings. The molecule has 2 nitrogen and oxygen atoms in total. The lowest BCUT2D eigenvalue weighted by Crippen LogP contribution is -2.21. The Labute approximate surface area is 102 Å². The van der Waals surface area contributed by atoms with Crippen molar-refractivity contribution in [3.63, 3.8) is 0 Å². The molecule has 84 valence electrons. The number of rotatable bonds is 2. The average molecular weight is 284 g/mol. The Bertz CT molecular complexity index is 435. The van der Waals surface area contributed by atoms with E-state index >= 15 is 0 Å². The van der Waals surface area contributed by atoms with Crippen LogP contribution in [0.15, 0.2) is 22.7 Å². The molecule has 0 amide bonds. The third-order valence-corrected chi connectivity index (χ3v) is 3.62. The summed E-state index contributed by atoms with van der Waals surface area (Å²) < 4.78 is 18.9. The maximum atomic E-state index is 12.9. The molecule has 1 saturated heterocycles. The summed E-state index contributed by atoms with van der Waals surface area (Å²) in [5, 5.41) is 9.20. The molecule has 0 radical (unpaired) electrons. The zero-order chi connectivity index (χ0) is 11.6. The second-order valence-corrected chi connectivity index (χ2v) is 4.96. The van der Waals surface area contributed by atoms with Gasteiger partial charge in [-0.15, -0.1) is 0 Å². The number of halogens is 2. The molecule has 0 saturated carbocycles. The van der Waals surface area contributed by atoms with E-state index in [1.54, 1.807) is 6.07 Å². The van der Waals surface area contributed by atoms with Crippen molar-refractivity contribution in [2.75, 3.05) is 13.2 Å². The van der Waals surface area contributed by atoms with Crippen molar-refractivity contribution in [1.82, 2.24) is 0 Å². The third-order valence-electron chi connectivity index (χ3n) is 2.88. The summed E-state index contributed by atoms with van der Waals surface area (Å²) in [6, 6.07) is 6.89. The Morgan fingerprint density at radius 1 is 1.56 bits per heavy atom. The van der Waals surface area contributed by atoms with Crippen molar-refractivity contribution < 1.29 is 9.13 Å². The smallest absolute Gasteiger partial charge is 0.124 e. The molecule has 16 heavy (non-hydrogen) atoms. The van der Waals surface area contributed by atoms with Gasteiger partial charge in [0, 0.05) is 11.1 Å². The fourth-order valence-electron chi connectivity index (χ4n) is 1.90. The fourth-order valence-corrected chi connectivity index (χ4v) is 2.40. The largest absolute Gasteiger partial charge is 0.380 e. The molecular weight excluding hydrogens is 273 g/mol. The zero-order valence-corrected chi connectivity index (χ0v) is 10.3. The molecule has 1 aliphatic heterocycles. The predicted molar refractivity (Wildman–Crippen MR) is 61.3 cm³/mol. The van der Waals surface area contributed by atoms with E-state index in [4.69, 9.17) is 4.74 Å². The van der Waals surface area contributed by atoms with E-state index in [-0.39, 0.29) is 5.82 Å². The van der Waals surface area contributed by atoms with Crippen LogP contribution in [0.5, 0.6) is 0 Å². The Morgan fingerprint density at radius 2 is 2.38 bits per heavy atom. The van der Waals surface area contributed by atoms with Gasteiger partial charge in [0.2, 0.25) is 0 Å². The minimum absolute atomic E-state index is 0.274. The topological polar surface area (TPSA) is 33.0 Å². The van der Waals surface area contributed by atoms with Crippen LogP contribution in [0, 0.1) is 22.6 Å². The van der Waals surface area contributed by atoms with Gasteiger partial charge in [-0.05, 0) is 30.5 Å². The van der Waals surface area contributed by atoms with E-state index < -0.39 is 5.41 Å². The highest BCUT2D eigenvalue weighted by atomic mass is 79.9. The SMILES string of the molecule is N#CC1(Cc2ccc(F)cc2Br)CCOC1. The normalized spacial score (nSPS) is 24.3. The lowest BCUT2D eigenvalue weighted by molar-refractivity contribution is 0.171. The van der Waals surface area contributed by atoms with Crippen molar-refractivity contribution in [3.8, 4) is 6.07 Å². The van der Waals surface area contributed by atoms with Crippen LogP contribution in [0.3, 0.4) is 0 Å². The first kappa shape index (κ1) is 11.6. The Morgan fingerprint density at radius 3 is 2.94 bits per heavy atom. The Kier molecular flexibility index (Phi) is 3.27. The van der Waals surface area contributed by atoms with Gasteiger partial charge in [0.1, 0.15) is 5.82 Å². The van der Waals surface area contributed by atoms with Gasteiger partial charge in [-0.3, -0.25) is 0 Å². The predicted octanol–water partition coefficient (Wildman–Crippen LogP) is 3.06. The van der Waals surface area contributed by atoms with Gasteiger partial charge in [0.05, 0.1) is 18.1 Å². The summed E-state index contributed by atoms with van der Waals surface area (Å²) in [5.74, 6) is -0.274. The maximum Gasteiger partial charge on any atom is 0.124 e. The van der Waals surface area contributed by atoms with Crippen LogP contribution in [0.25, 0.3) is 0 Å². The zero-order valence-electron chi connectivity index (χ0n) is 8.67. The van der Waals surface area contributed by atoms with E-state index in [0.717, 1.165) is 12.0 Å². The van der Waals surface area contributed by atoms with Gasteiger partial charge in [0.15, 0.2) is 0 Å². The van der Waals surface area contributed by atoms with E-state index in [0.29, 0.717) is 24.1 Å². The highest BCUT2D eigenvalue weighted by Gasteiger charge is 2.35. The third kappa shape index (κ3) is 2.26. The molecule has 1 unspecified atom stereocenters. The van der Waals surface area contributed by atoms with E-state index in [2.05, 4.69) is 22.0 Å². The molecule has 1 aromatic rings. The first-order valence-electron chi connectivity index (χ1n) is 5.08. The molecule has 4 heteroatoms. The second kappa shape index (κ2) is 4.52. The standard InChI is InChI=1S/C12H11BrFNO/c13-11-5-10(14)2-1-9(11)6-12(7-15)3-4-16-8-12/h1-2,5H,3-4,6,8H2. The molecule has 1 aromatic carbocycles. The number of ether oxygens (including phenoxy) is 1. The van der Waals surface area contributed by atoms with Crippen LogP contribution in [-0.2, 0) is 11.2 Å². The van der Waals surface area contributed by atoms with E-state index in [1.807, 2.05) is 0 Å². The molecule has 1 heterocycles. The second-order valence-electron chi connectivity index (χ2n) is 4.11. The van der Waals surface area contributed by atoms with E-state index in [1.165, 1.54) is 12.1 Å². The first-order valence-corrected chi connectivity index (χ1v) is 5.87. The summed E-state index contributed by atoms with van der Waals surface area (Å²) in [5.41, 5.74) is 0.508. The molecule has 0 aliphatic carbocycles. The highest BCUT2D eigenvalue weighted by molar-refractivity contribution is 9.10. The molecule has 1 atom stereocenters. The van der Waals surface area contributed by atoms with Crippen LogP contribution in [0.4, 0.5) is 4.39 Å². The molecule has 0 aromatic heterocycles. The summed E-state index contributed by atoms with van der Waals surface area (Å²) in [4.78, 5) is 0. The first-order chi connectivity index (χ1) is 7.65. The van der Waals surface area contributed by atoms with Gasteiger partial charge in [0.25, 0.3) is 0 Å². The maximum absolute atomic E-state index is 12.9. The molecule has 0 spiro atoms. The van der Waals surface area contributed by atoms with Gasteiger partial charge in [-0.2, -0.15) is 5.26 Å². The minimum Gasteiger partial charge on any atom is -0.380 e. The summed E-state index contributed by atoms with van der Waals surface area (Å²) in [6.07, 6.45) is 1.34. The quantitative estimate of drug-likeness (QED) is 0.836. The average Bonchev–Trinajstić information content (AvgIpc) is 2.72. The fraction of sp³-hybridized carbons (Fsp3) is 0.417. The lowest BCUT2D eigenvalue weighted by Gasteiger charge is -2.19. The molecular formula is C12H11BrFNO. The molecule has 0 bridgehead atoms. The summed E-state index contributed by atoms with van der Waals surface area (Å²) >= 11 is 3.32. The van der Waals surface area contributed by atoms with Crippen molar-refractivity contribution in [2.24, 2.45) is 5.41 Å². The van der Waals surface area contributed by atoms with Crippen molar-refractivity contribution in [3.05, 3.63) is 34.1 Å². The van der Waals surface area contributed by atoms with Gasteiger partial charge in [-0.25, -0.2) is 4.39 Å². The Hall–Kier alpha value is -0.920.